The number of benzene rings is 3. The maximum absolute atomic E-state index is 13.8. The largest absolute Gasteiger partial charge is 0.497 e. The van der Waals surface area contributed by atoms with Crippen LogP contribution in [-0.2, 0) is 43.1 Å². The van der Waals surface area contributed by atoms with Crippen molar-refractivity contribution in [1.82, 2.24) is 14.2 Å². The number of nitrogens with zero attached hydrogens (tertiary/aromatic N) is 3. The van der Waals surface area contributed by atoms with Crippen molar-refractivity contribution in [2.45, 2.75) is 127 Å². The lowest BCUT2D eigenvalue weighted by molar-refractivity contribution is -0.377. The zero-order valence-electron chi connectivity index (χ0n) is 49.1. The monoisotopic (exact) mass is 1150 g/mol. The molecule has 0 radical (unpaired) electrons. The average molecular weight is 1160 g/mol. The maximum atomic E-state index is 13.8. The van der Waals surface area contributed by atoms with Crippen LogP contribution in [0.1, 0.15) is 114 Å². The molecular weight excluding hydrogens is 1070 g/mol. The summed E-state index contributed by atoms with van der Waals surface area (Å²) < 4.78 is 66.8. The molecular formula is C66H83N4O12P. The maximum Gasteiger partial charge on any atom is 0.330 e. The number of aromatic amines is 1. The molecule has 0 amide bonds. The van der Waals surface area contributed by atoms with Gasteiger partial charge in [-0.1, -0.05) is 66.4 Å². The zero-order chi connectivity index (χ0) is 57.5. The van der Waals surface area contributed by atoms with E-state index in [2.05, 4.69) is 55.3 Å². The number of ether oxygens (including phenoxy) is 8. The van der Waals surface area contributed by atoms with Crippen molar-refractivity contribution < 1.29 is 46.9 Å². The molecule has 11 bridgehead atoms. The first-order chi connectivity index (χ1) is 40.4. The molecule has 444 valence electrons. The summed E-state index contributed by atoms with van der Waals surface area (Å²) >= 11 is 0. The van der Waals surface area contributed by atoms with Crippen LogP contribution in [0.5, 0.6) is 11.5 Å². The fraction of sp³-hybridized carbons (Fsp3) is 0.621. The second-order valence-corrected chi connectivity index (χ2v) is 26.7. The molecule has 1 spiro atoms. The van der Waals surface area contributed by atoms with Crippen LogP contribution in [-0.4, -0.2) is 118 Å². The predicted molar refractivity (Wildman–Crippen MR) is 312 cm³/mol. The molecule has 1 saturated heterocycles. The van der Waals surface area contributed by atoms with Crippen molar-refractivity contribution in [2.75, 3.05) is 73.7 Å². The summed E-state index contributed by atoms with van der Waals surface area (Å²) in [5, 5.41) is 9.50. The van der Waals surface area contributed by atoms with E-state index in [4.69, 9.17) is 46.9 Å². The highest BCUT2D eigenvalue weighted by Crippen LogP contribution is 2.85. The Kier molecular flexibility index (Phi) is 17.5. The Morgan fingerprint density at radius 2 is 1.34 bits per heavy atom. The van der Waals surface area contributed by atoms with Gasteiger partial charge in [0.2, 0.25) is 0 Å². The summed E-state index contributed by atoms with van der Waals surface area (Å²) in [5.41, 5.74) is 0.776. The second kappa shape index (κ2) is 24.8. The van der Waals surface area contributed by atoms with Gasteiger partial charge in [0.15, 0.2) is 0 Å². The number of nitrogens with one attached hydrogen (secondary N) is 1. The number of aromatic nitrogens is 2. The van der Waals surface area contributed by atoms with Gasteiger partial charge in [0.05, 0.1) is 91.3 Å². The minimum Gasteiger partial charge on any atom is -0.497 e. The number of rotatable bonds is 28. The third-order valence-electron chi connectivity index (χ3n) is 20.4. The van der Waals surface area contributed by atoms with Gasteiger partial charge >= 0.3 is 5.69 Å². The number of H-pyrrole nitrogens is 1. The average Bonchev–Trinajstić information content (AvgIpc) is 0.937. The molecule has 11 aliphatic rings. The first-order valence-electron chi connectivity index (χ1n) is 30.5. The normalized spacial score (nSPS) is 31.5. The Bertz CT molecular complexity index is 3010. The highest BCUT2D eigenvalue weighted by Gasteiger charge is 2.80. The van der Waals surface area contributed by atoms with E-state index < -0.39 is 43.8 Å². The topological polar surface area (TPSA) is 174 Å². The van der Waals surface area contributed by atoms with Gasteiger partial charge in [-0.15, -0.1) is 0 Å². The molecule has 4 aromatic rings. The molecule has 10 saturated carbocycles. The Morgan fingerprint density at radius 3 is 1.95 bits per heavy atom. The lowest BCUT2D eigenvalue weighted by atomic mass is 9.21. The fourth-order valence-corrected chi connectivity index (χ4v) is 19.9. The molecule has 6 unspecified atom stereocenters. The van der Waals surface area contributed by atoms with E-state index in [-0.39, 0.29) is 55.9 Å². The van der Waals surface area contributed by atoms with E-state index >= 15 is 0 Å². The Hall–Kier alpha value is -4.94. The fourth-order valence-electron chi connectivity index (χ4n) is 18.1. The van der Waals surface area contributed by atoms with Crippen molar-refractivity contribution in [1.29, 1.82) is 5.26 Å². The molecule has 3 aromatic carbocycles. The third kappa shape index (κ3) is 11.1. The molecule has 1 aliphatic heterocycles. The Morgan fingerprint density at radius 1 is 0.735 bits per heavy atom. The van der Waals surface area contributed by atoms with E-state index in [1.807, 2.05) is 78.9 Å². The van der Waals surface area contributed by atoms with Gasteiger partial charge in [-0.2, -0.15) is 5.26 Å². The minimum absolute atomic E-state index is 0.0176. The molecule has 15 rings (SSSR count). The van der Waals surface area contributed by atoms with Crippen molar-refractivity contribution >= 4 is 8.53 Å². The van der Waals surface area contributed by atoms with E-state index in [9.17, 15) is 14.9 Å². The second-order valence-electron chi connectivity index (χ2n) is 25.3. The molecule has 2 heterocycles. The van der Waals surface area contributed by atoms with E-state index in [0.717, 1.165) is 70.0 Å². The van der Waals surface area contributed by atoms with Crippen molar-refractivity contribution in [3.8, 4) is 29.4 Å². The standard InChI is InChI=1S/C66H83N4O12P/c1-42(2)70(43(3)4)83(80-25-11-23-67)82-57-35-59(81-58(57)40-79-66(46-13-8-7-9-14-46,47-15-19-49(73-5)20-16-47)48-17-21-50(74-6)22-18-48)69-39-45(62(71)68-63(69)72)12-10-24-75-26-27-76-28-29-77-30-31-78-64-37-55-52-34-51-53-32-44-33-54(51)61(56(52)38-64)65(36-44,41-64)60(53)55/h7-9,13-22,39,42-44,51-61H,11,24-38,40-41H2,1-6H3,(H,68,71,72)/t44?,51?,52?,53-,54+,55+,56-,57-,58+,59+,60+,61-,64?,65?,83?/m0/s1. The van der Waals surface area contributed by atoms with Crippen molar-refractivity contribution in [3.63, 3.8) is 0 Å². The van der Waals surface area contributed by atoms with Crippen LogP contribution in [0.3, 0.4) is 0 Å². The molecule has 1 aromatic heterocycles. The summed E-state index contributed by atoms with van der Waals surface area (Å²) in [6, 6.07) is 27.7. The van der Waals surface area contributed by atoms with Gasteiger partial charge < -0.3 is 46.9 Å². The lowest BCUT2D eigenvalue weighted by Crippen LogP contribution is -2.80. The number of hydrogen-bond donors (Lipinski definition) is 1. The molecule has 11 fully saturated rings. The summed E-state index contributed by atoms with van der Waals surface area (Å²) in [4.78, 5) is 29.5. The van der Waals surface area contributed by atoms with E-state index in [1.54, 1.807) is 14.2 Å². The Balaban J connectivity index is 0.677. The number of hydrogen-bond acceptors (Lipinski definition) is 14. The van der Waals surface area contributed by atoms with Gasteiger partial charge in [-0.25, -0.2) is 9.46 Å². The van der Waals surface area contributed by atoms with Crippen LogP contribution >= 0.6 is 8.53 Å². The molecule has 15 atom stereocenters. The summed E-state index contributed by atoms with van der Waals surface area (Å²) in [6.45, 7) is 11.3. The first-order valence-corrected chi connectivity index (χ1v) is 31.6. The van der Waals surface area contributed by atoms with Crippen molar-refractivity contribution in [2.24, 2.45) is 58.7 Å². The highest BCUT2D eigenvalue weighted by atomic mass is 31.2. The lowest BCUT2D eigenvalue weighted by Gasteiger charge is -2.84. The summed E-state index contributed by atoms with van der Waals surface area (Å²) in [6.07, 6.45) is 9.44. The predicted octanol–water partition coefficient (Wildman–Crippen LogP) is 10.0. The van der Waals surface area contributed by atoms with Gasteiger partial charge in [-0.05, 0) is 172 Å². The van der Waals surface area contributed by atoms with Gasteiger partial charge in [0.1, 0.15) is 41.6 Å². The smallest absolute Gasteiger partial charge is 0.330 e. The van der Waals surface area contributed by atoms with Crippen LogP contribution in [0.15, 0.2) is 94.6 Å². The van der Waals surface area contributed by atoms with Crippen molar-refractivity contribution in [3.05, 3.63) is 128 Å². The molecule has 10 aliphatic carbocycles. The van der Waals surface area contributed by atoms with Gasteiger partial charge in [-0.3, -0.25) is 14.3 Å². The molecule has 1 N–H and O–H groups in total. The van der Waals surface area contributed by atoms with Crippen LogP contribution in [0.2, 0.25) is 0 Å². The van der Waals surface area contributed by atoms with Crippen LogP contribution < -0.4 is 20.7 Å². The molecule has 83 heavy (non-hydrogen) atoms. The Labute approximate surface area is 490 Å². The van der Waals surface area contributed by atoms with Crippen LogP contribution in [0, 0.1) is 81.8 Å². The first kappa shape index (κ1) is 58.4. The number of nitriles is 1. The van der Waals surface area contributed by atoms with E-state index in [0.29, 0.717) is 56.6 Å². The van der Waals surface area contributed by atoms with Crippen LogP contribution in [0.25, 0.3) is 0 Å². The number of methoxy groups -OCH3 is 2. The van der Waals surface area contributed by atoms with Crippen LogP contribution in [0.4, 0.5) is 0 Å². The minimum atomic E-state index is -1.75. The molecule has 16 nitrogen and oxygen atoms in total. The zero-order valence-corrected chi connectivity index (χ0v) is 50.0. The quantitative estimate of drug-likeness (QED) is 0.0246. The van der Waals surface area contributed by atoms with Gasteiger partial charge in [0.25, 0.3) is 14.1 Å². The van der Waals surface area contributed by atoms with E-state index in [1.165, 1.54) is 55.7 Å². The summed E-state index contributed by atoms with van der Waals surface area (Å²) in [5.74, 6) is 16.2. The summed E-state index contributed by atoms with van der Waals surface area (Å²) in [7, 11) is 1.51. The SMILES string of the molecule is COc1ccc(C(OC[C@H]2O[C@@H](n3cc(C#CCOCCOCCOCCOC45C[C@@H]6C7CC8[C@H]9CC%10C[C@@H]8[C@H]6C(C%10)(C4)[C@@H]9[C@H]7C5)c(=O)[nH]c3=O)C[C@@H]2OP(OCCC#N)N(C(C)C)C(C)C)(c2ccccc2)c2ccc(OC)cc2)cc1. The molecule has 17 heteroatoms. The third-order valence-corrected chi connectivity index (χ3v) is 22.6. The van der Waals surface area contributed by atoms with Gasteiger partial charge in [0, 0.05) is 24.7 Å². The highest BCUT2D eigenvalue weighted by molar-refractivity contribution is 7.44.